The van der Waals surface area contributed by atoms with Gasteiger partial charge in [-0.25, -0.2) is 0 Å². The van der Waals surface area contributed by atoms with Gasteiger partial charge in [-0.2, -0.15) is 10.4 Å². The molecule has 1 N–H and O–H groups in total. The third-order valence-corrected chi connectivity index (χ3v) is 2.20. The molecule has 0 unspecified atom stereocenters. The van der Waals surface area contributed by atoms with E-state index in [1.807, 2.05) is 6.07 Å². The van der Waals surface area contributed by atoms with Crippen molar-refractivity contribution in [1.29, 1.82) is 5.26 Å². The Hall–Kier alpha value is -1.05. The second-order valence-electron chi connectivity index (χ2n) is 2.64. The SMILES string of the molecule is Cc1nn(CCC#N)c(Cl)c1CO. The van der Waals surface area contributed by atoms with Gasteiger partial charge in [0.15, 0.2) is 0 Å². The van der Waals surface area contributed by atoms with Crippen LogP contribution in [0, 0.1) is 18.3 Å². The molecular weight excluding hydrogens is 190 g/mol. The molecule has 0 aliphatic rings. The van der Waals surface area contributed by atoms with Gasteiger partial charge in [0.1, 0.15) is 5.15 Å². The molecule has 0 aromatic carbocycles. The van der Waals surface area contributed by atoms with Crippen LogP contribution in [0.1, 0.15) is 17.7 Å². The quantitative estimate of drug-likeness (QED) is 0.797. The van der Waals surface area contributed by atoms with E-state index in [1.165, 1.54) is 4.68 Å². The van der Waals surface area contributed by atoms with Crippen molar-refractivity contribution in [2.45, 2.75) is 26.5 Å². The van der Waals surface area contributed by atoms with Crippen LogP contribution in [0.5, 0.6) is 0 Å². The predicted octanol–water partition coefficient (Wildman–Crippen LogP) is 1.25. The molecule has 1 aromatic heterocycles. The summed E-state index contributed by atoms with van der Waals surface area (Å²) in [6.07, 6.45) is 0.367. The summed E-state index contributed by atoms with van der Waals surface area (Å²) in [4.78, 5) is 0. The summed E-state index contributed by atoms with van der Waals surface area (Å²) in [7, 11) is 0. The normalized spacial score (nSPS) is 10.0. The van der Waals surface area contributed by atoms with Gasteiger partial charge in [0, 0.05) is 5.56 Å². The molecule has 0 spiro atoms. The number of aliphatic hydroxyl groups is 1. The summed E-state index contributed by atoms with van der Waals surface area (Å²) in [5, 5.41) is 21.8. The van der Waals surface area contributed by atoms with Crippen LogP contribution in [-0.2, 0) is 13.2 Å². The van der Waals surface area contributed by atoms with E-state index in [9.17, 15) is 0 Å². The van der Waals surface area contributed by atoms with Gasteiger partial charge in [-0.1, -0.05) is 11.6 Å². The number of aliphatic hydroxyl groups excluding tert-OH is 1. The smallest absolute Gasteiger partial charge is 0.132 e. The average molecular weight is 200 g/mol. The molecule has 0 fully saturated rings. The van der Waals surface area contributed by atoms with Gasteiger partial charge in [0.25, 0.3) is 0 Å². The fourth-order valence-electron chi connectivity index (χ4n) is 1.07. The van der Waals surface area contributed by atoms with E-state index < -0.39 is 0 Å². The van der Waals surface area contributed by atoms with E-state index in [4.69, 9.17) is 22.0 Å². The highest BCUT2D eigenvalue weighted by Crippen LogP contribution is 2.19. The Kier molecular flexibility index (Phi) is 3.29. The van der Waals surface area contributed by atoms with Crippen molar-refractivity contribution in [2.75, 3.05) is 0 Å². The molecule has 0 saturated carbocycles. The van der Waals surface area contributed by atoms with E-state index in [2.05, 4.69) is 5.10 Å². The Balaban J connectivity index is 2.91. The van der Waals surface area contributed by atoms with Crippen molar-refractivity contribution < 1.29 is 5.11 Å². The molecular formula is C8H10ClN3O. The zero-order valence-electron chi connectivity index (χ0n) is 7.29. The average Bonchev–Trinajstić information content (AvgIpc) is 2.38. The highest BCUT2D eigenvalue weighted by Gasteiger charge is 2.11. The zero-order chi connectivity index (χ0) is 9.84. The number of halogens is 1. The molecule has 0 atom stereocenters. The Labute approximate surface area is 81.4 Å². The first-order valence-corrected chi connectivity index (χ1v) is 4.28. The van der Waals surface area contributed by atoms with Crippen molar-refractivity contribution in [2.24, 2.45) is 0 Å². The van der Waals surface area contributed by atoms with Crippen LogP contribution in [-0.4, -0.2) is 14.9 Å². The Morgan fingerprint density at radius 2 is 2.38 bits per heavy atom. The maximum Gasteiger partial charge on any atom is 0.132 e. The van der Waals surface area contributed by atoms with Gasteiger partial charge in [0.05, 0.1) is 31.3 Å². The van der Waals surface area contributed by atoms with Crippen LogP contribution < -0.4 is 0 Å². The maximum absolute atomic E-state index is 8.94. The Morgan fingerprint density at radius 3 is 2.85 bits per heavy atom. The largest absolute Gasteiger partial charge is 0.391 e. The molecule has 4 nitrogen and oxygen atoms in total. The van der Waals surface area contributed by atoms with Crippen LogP contribution in [0.3, 0.4) is 0 Å². The lowest BCUT2D eigenvalue weighted by molar-refractivity contribution is 0.281. The van der Waals surface area contributed by atoms with E-state index in [0.29, 0.717) is 29.4 Å². The van der Waals surface area contributed by atoms with E-state index in [0.717, 1.165) is 0 Å². The fourth-order valence-corrected chi connectivity index (χ4v) is 1.39. The van der Waals surface area contributed by atoms with Gasteiger partial charge in [-0.15, -0.1) is 0 Å². The predicted molar refractivity (Wildman–Crippen MR) is 48.1 cm³/mol. The summed E-state index contributed by atoms with van der Waals surface area (Å²) in [5.74, 6) is 0. The minimum Gasteiger partial charge on any atom is -0.391 e. The van der Waals surface area contributed by atoms with Crippen LogP contribution in [0.4, 0.5) is 0 Å². The van der Waals surface area contributed by atoms with Gasteiger partial charge in [-0.3, -0.25) is 4.68 Å². The summed E-state index contributed by atoms with van der Waals surface area (Å²) >= 11 is 5.90. The topological polar surface area (TPSA) is 61.8 Å². The molecule has 0 aliphatic heterocycles. The van der Waals surface area contributed by atoms with Crippen LogP contribution >= 0.6 is 11.6 Å². The van der Waals surface area contributed by atoms with Crippen molar-refractivity contribution in [3.8, 4) is 6.07 Å². The molecule has 1 aromatic rings. The van der Waals surface area contributed by atoms with Gasteiger partial charge in [0.2, 0.25) is 0 Å². The van der Waals surface area contributed by atoms with E-state index in [-0.39, 0.29) is 6.61 Å². The highest BCUT2D eigenvalue weighted by atomic mass is 35.5. The minimum absolute atomic E-state index is 0.114. The molecule has 1 rings (SSSR count). The molecule has 0 amide bonds. The number of rotatable bonds is 3. The fraction of sp³-hybridized carbons (Fsp3) is 0.500. The Bertz CT molecular complexity index is 340. The van der Waals surface area contributed by atoms with Gasteiger partial charge < -0.3 is 5.11 Å². The number of aromatic nitrogens is 2. The molecule has 5 heteroatoms. The summed E-state index contributed by atoms with van der Waals surface area (Å²) in [5.41, 5.74) is 1.35. The molecule has 0 bridgehead atoms. The van der Waals surface area contributed by atoms with Crippen LogP contribution in [0.2, 0.25) is 5.15 Å². The maximum atomic E-state index is 8.94. The minimum atomic E-state index is -0.114. The first kappa shape index (κ1) is 10.0. The lowest BCUT2D eigenvalue weighted by Crippen LogP contribution is -1.99. The summed E-state index contributed by atoms with van der Waals surface area (Å²) < 4.78 is 1.53. The van der Waals surface area contributed by atoms with E-state index >= 15 is 0 Å². The molecule has 0 radical (unpaired) electrons. The zero-order valence-corrected chi connectivity index (χ0v) is 8.04. The second kappa shape index (κ2) is 4.26. The first-order valence-electron chi connectivity index (χ1n) is 3.90. The van der Waals surface area contributed by atoms with Gasteiger partial charge in [-0.05, 0) is 6.92 Å². The number of nitriles is 1. The number of hydrogen-bond donors (Lipinski definition) is 1. The third-order valence-electron chi connectivity index (χ3n) is 1.78. The molecule has 1 heterocycles. The molecule has 0 aliphatic carbocycles. The first-order chi connectivity index (χ1) is 6.20. The number of hydrogen-bond acceptors (Lipinski definition) is 3. The monoisotopic (exact) mass is 199 g/mol. The van der Waals surface area contributed by atoms with E-state index in [1.54, 1.807) is 6.92 Å². The van der Waals surface area contributed by atoms with Gasteiger partial charge >= 0.3 is 0 Å². The van der Waals surface area contributed by atoms with Crippen molar-refractivity contribution in [1.82, 2.24) is 9.78 Å². The lowest BCUT2D eigenvalue weighted by Gasteiger charge is -1.98. The van der Waals surface area contributed by atoms with Crippen molar-refractivity contribution >= 4 is 11.6 Å². The third kappa shape index (κ3) is 2.00. The second-order valence-corrected chi connectivity index (χ2v) is 3.00. The van der Waals surface area contributed by atoms with Crippen LogP contribution in [0.15, 0.2) is 0 Å². The lowest BCUT2D eigenvalue weighted by atomic mass is 10.3. The van der Waals surface area contributed by atoms with Crippen LogP contribution in [0.25, 0.3) is 0 Å². The molecule has 13 heavy (non-hydrogen) atoms. The summed E-state index contributed by atoms with van der Waals surface area (Å²) in [6, 6.07) is 2.01. The Morgan fingerprint density at radius 1 is 1.69 bits per heavy atom. The standard InChI is InChI=1S/C8H10ClN3O/c1-6-7(5-13)8(9)12(11-6)4-2-3-10/h13H,2,4-5H2,1H3. The number of nitrogens with zero attached hydrogens (tertiary/aromatic N) is 3. The summed E-state index contributed by atoms with van der Waals surface area (Å²) in [6.45, 7) is 2.13. The molecule has 0 saturated heterocycles. The van der Waals surface area contributed by atoms with Crippen molar-refractivity contribution in [3.63, 3.8) is 0 Å². The van der Waals surface area contributed by atoms with Crippen molar-refractivity contribution in [3.05, 3.63) is 16.4 Å². The highest BCUT2D eigenvalue weighted by molar-refractivity contribution is 6.30. The molecule has 70 valence electrons. The number of aryl methyl sites for hydroxylation is 2.